The van der Waals surface area contributed by atoms with Crippen molar-refractivity contribution in [2.24, 2.45) is 10.2 Å². The highest BCUT2D eigenvalue weighted by Gasteiger charge is 2.15. The van der Waals surface area contributed by atoms with Crippen molar-refractivity contribution in [2.75, 3.05) is 57.6 Å². The first-order valence-corrected chi connectivity index (χ1v) is 11.6. The zero-order chi connectivity index (χ0) is 24.1. The molecular weight excluding hydrogens is 444 g/mol. The number of rotatable bonds is 14. The average Bonchev–Trinajstić information content (AvgIpc) is 3.24. The number of nitrogens with zero attached hydrogens (tertiary/aromatic N) is 4. The summed E-state index contributed by atoms with van der Waals surface area (Å²) >= 11 is 1.09. The number of aliphatic hydroxyl groups excluding tert-OH is 1. The summed E-state index contributed by atoms with van der Waals surface area (Å²) in [4.78, 5) is 14.4. The number of thiophene rings is 1. The maximum Gasteiger partial charge on any atom is 0.348 e. The Labute approximate surface area is 198 Å². The largest absolute Gasteiger partial charge is 0.462 e. The van der Waals surface area contributed by atoms with Crippen LogP contribution in [0.4, 0.5) is 16.4 Å². The van der Waals surface area contributed by atoms with Crippen molar-refractivity contribution in [3.05, 3.63) is 40.3 Å². The predicted molar refractivity (Wildman–Crippen MR) is 127 cm³/mol. The Hall–Kier alpha value is -2.84. The summed E-state index contributed by atoms with van der Waals surface area (Å²) < 4.78 is 15.8. The predicted octanol–water partition coefficient (Wildman–Crippen LogP) is 4.37. The van der Waals surface area contributed by atoms with Gasteiger partial charge in [-0.1, -0.05) is 0 Å². The zero-order valence-corrected chi connectivity index (χ0v) is 20.1. The van der Waals surface area contributed by atoms with E-state index in [9.17, 15) is 10.1 Å². The van der Waals surface area contributed by atoms with E-state index < -0.39 is 5.97 Å². The Morgan fingerprint density at radius 3 is 2.55 bits per heavy atom. The number of carbonyl (C=O) groups is 1. The first-order valence-electron chi connectivity index (χ1n) is 10.8. The van der Waals surface area contributed by atoms with Crippen LogP contribution in [0.2, 0.25) is 0 Å². The molecular formula is C23H30N4O5S. The van der Waals surface area contributed by atoms with E-state index in [4.69, 9.17) is 19.3 Å². The number of likely N-dealkylation sites (N-methyl/N-ethyl adjacent to an activating group) is 1. The van der Waals surface area contributed by atoms with Crippen LogP contribution in [0, 0.1) is 18.3 Å². The molecule has 1 aromatic heterocycles. The summed E-state index contributed by atoms with van der Waals surface area (Å²) in [6.07, 6.45) is 0. The smallest absolute Gasteiger partial charge is 0.348 e. The van der Waals surface area contributed by atoms with Crippen LogP contribution in [0.25, 0.3) is 0 Å². The highest BCUT2D eigenvalue weighted by Crippen LogP contribution is 2.33. The van der Waals surface area contributed by atoms with E-state index in [0.29, 0.717) is 47.6 Å². The van der Waals surface area contributed by atoms with Gasteiger partial charge >= 0.3 is 5.97 Å². The summed E-state index contributed by atoms with van der Waals surface area (Å²) in [6.45, 7) is 9.42. The minimum absolute atomic E-state index is 0.0139. The molecule has 178 valence electrons. The number of benzene rings is 1. The molecule has 0 atom stereocenters. The molecule has 0 aliphatic rings. The monoisotopic (exact) mass is 474 g/mol. The van der Waals surface area contributed by atoms with Gasteiger partial charge in [-0.3, -0.25) is 0 Å². The molecule has 1 N–H and O–H groups in total. The van der Waals surface area contributed by atoms with Gasteiger partial charge in [0.25, 0.3) is 0 Å². The molecule has 0 aliphatic heterocycles. The summed E-state index contributed by atoms with van der Waals surface area (Å²) in [6, 6.07) is 9.41. The lowest BCUT2D eigenvalue weighted by Gasteiger charge is -2.23. The summed E-state index contributed by atoms with van der Waals surface area (Å²) in [5.41, 5.74) is 2.96. The van der Waals surface area contributed by atoms with Gasteiger partial charge in [0.15, 0.2) is 5.00 Å². The summed E-state index contributed by atoms with van der Waals surface area (Å²) in [7, 11) is 0. The fraction of sp³-hybridized carbons (Fsp3) is 0.478. The second kappa shape index (κ2) is 14.3. The van der Waals surface area contributed by atoms with E-state index in [2.05, 4.69) is 22.1 Å². The molecule has 1 heterocycles. The van der Waals surface area contributed by atoms with Gasteiger partial charge in [-0.25, -0.2) is 4.79 Å². The van der Waals surface area contributed by atoms with Crippen LogP contribution < -0.4 is 4.90 Å². The molecule has 1 aromatic carbocycles. The number of hydrogen-bond acceptors (Lipinski definition) is 10. The van der Waals surface area contributed by atoms with Crippen molar-refractivity contribution in [3.8, 4) is 6.07 Å². The van der Waals surface area contributed by atoms with Crippen LogP contribution in [0.15, 0.2) is 34.5 Å². The van der Waals surface area contributed by atoms with Crippen molar-refractivity contribution in [3.63, 3.8) is 0 Å². The third kappa shape index (κ3) is 8.22. The van der Waals surface area contributed by atoms with Crippen LogP contribution in [-0.2, 0) is 14.2 Å². The molecule has 0 saturated carbocycles. The van der Waals surface area contributed by atoms with E-state index >= 15 is 0 Å². The number of aliphatic hydroxyl groups is 1. The quantitative estimate of drug-likeness (QED) is 0.245. The summed E-state index contributed by atoms with van der Waals surface area (Å²) in [5.74, 6) is -0.470. The third-order valence-electron chi connectivity index (χ3n) is 4.60. The van der Waals surface area contributed by atoms with E-state index in [-0.39, 0.29) is 13.2 Å². The normalized spacial score (nSPS) is 11.0. The highest BCUT2D eigenvalue weighted by molar-refractivity contribution is 7.17. The van der Waals surface area contributed by atoms with E-state index in [1.165, 1.54) is 6.07 Å². The second-order valence-electron chi connectivity index (χ2n) is 6.86. The van der Waals surface area contributed by atoms with Gasteiger partial charge in [0.1, 0.15) is 10.9 Å². The lowest BCUT2D eigenvalue weighted by Crippen LogP contribution is -2.27. The third-order valence-corrected chi connectivity index (χ3v) is 5.60. The first kappa shape index (κ1) is 26.4. The van der Waals surface area contributed by atoms with Gasteiger partial charge in [-0.05, 0) is 50.6 Å². The molecule has 0 radical (unpaired) electrons. The zero-order valence-electron chi connectivity index (χ0n) is 19.2. The maximum atomic E-state index is 11.9. The van der Waals surface area contributed by atoms with E-state index in [0.717, 1.165) is 35.7 Å². The van der Waals surface area contributed by atoms with Crippen molar-refractivity contribution < 1.29 is 24.1 Å². The van der Waals surface area contributed by atoms with Crippen LogP contribution in [0.1, 0.15) is 34.6 Å². The minimum Gasteiger partial charge on any atom is -0.462 e. The van der Waals surface area contributed by atoms with Gasteiger partial charge in [0.05, 0.1) is 50.9 Å². The Kier molecular flexibility index (Phi) is 11.5. The molecule has 0 amide bonds. The number of carbonyl (C=O) groups excluding carboxylic acids is 1. The molecule has 0 aliphatic carbocycles. The van der Waals surface area contributed by atoms with Crippen LogP contribution >= 0.6 is 11.3 Å². The Bertz CT molecular complexity index is 970. The topological polar surface area (TPSA) is 117 Å². The SMILES string of the molecule is CCOC(=O)c1cc(C#N)c(N=Nc2ccc(N(CC)CCOCCOCCO)cc2C)s1. The van der Waals surface area contributed by atoms with Gasteiger partial charge in [0, 0.05) is 18.8 Å². The molecule has 9 nitrogen and oxygen atoms in total. The molecule has 2 aromatic rings. The van der Waals surface area contributed by atoms with Gasteiger partial charge < -0.3 is 24.2 Å². The molecule has 10 heteroatoms. The van der Waals surface area contributed by atoms with Gasteiger partial charge in [0.2, 0.25) is 0 Å². The number of nitriles is 1. The average molecular weight is 475 g/mol. The number of ether oxygens (including phenoxy) is 3. The van der Waals surface area contributed by atoms with E-state index in [1.54, 1.807) is 6.92 Å². The first-order chi connectivity index (χ1) is 16.0. The fourth-order valence-corrected chi connectivity index (χ4v) is 3.74. The second-order valence-corrected chi connectivity index (χ2v) is 7.89. The van der Waals surface area contributed by atoms with Crippen molar-refractivity contribution in [1.29, 1.82) is 5.26 Å². The minimum atomic E-state index is -0.470. The lowest BCUT2D eigenvalue weighted by atomic mass is 10.1. The molecule has 2 rings (SSSR count). The number of azo groups is 1. The molecule has 33 heavy (non-hydrogen) atoms. The molecule has 0 spiro atoms. The number of anilines is 1. The Balaban J connectivity index is 2.01. The molecule has 0 saturated heterocycles. The highest BCUT2D eigenvalue weighted by atomic mass is 32.1. The maximum absolute atomic E-state index is 11.9. The van der Waals surface area contributed by atoms with Gasteiger partial charge in [-0.15, -0.1) is 21.6 Å². The standard InChI is InChI=1S/C23H30N4O5S/c1-4-27(8-10-30-12-13-31-11-9-28)19-6-7-20(17(3)14-19)25-26-22-18(16-24)15-21(33-22)23(29)32-5-2/h6-7,14-15,28H,4-5,8-13H2,1-3H3. The lowest BCUT2D eigenvalue weighted by molar-refractivity contribution is 0.0351. The molecule has 0 fully saturated rings. The Morgan fingerprint density at radius 1 is 1.15 bits per heavy atom. The van der Waals surface area contributed by atoms with E-state index in [1.807, 2.05) is 31.2 Å². The van der Waals surface area contributed by atoms with Gasteiger partial charge in [-0.2, -0.15) is 5.26 Å². The number of aryl methyl sites for hydroxylation is 1. The summed E-state index contributed by atoms with van der Waals surface area (Å²) in [5, 5.41) is 26.9. The van der Waals surface area contributed by atoms with Crippen LogP contribution in [0.5, 0.6) is 0 Å². The van der Waals surface area contributed by atoms with Crippen molar-refractivity contribution >= 4 is 33.7 Å². The molecule has 0 bridgehead atoms. The van der Waals surface area contributed by atoms with Crippen molar-refractivity contribution in [2.45, 2.75) is 20.8 Å². The fourth-order valence-electron chi connectivity index (χ4n) is 2.92. The van der Waals surface area contributed by atoms with Crippen molar-refractivity contribution in [1.82, 2.24) is 0 Å². The Morgan fingerprint density at radius 2 is 1.91 bits per heavy atom. The van der Waals surface area contributed by atoms with Crippen LogP contribution in [-0.4, -0.2) is 63.8 Å². The number of esters is 1. The number of hydrogen-bond donors (Lipinski definition) is 1. The molecule has 0 unspecified atom stereocenters. The van der Waals surface area contributed by atoms with Crippen LogP contribution in [0.3, 0.4) is 0 Å².